The van der Waals surface area contributed by atoms with Crippen LogP contribution in [0.15, 0.2) is 22.7 Å². The van der Waals surface area contributed by atoms with Crippen molar-refractivity contribution in [3.63, 3.8) is 0 Å². The van der Waals surface area contributed by atoms with Crippen LogP contribution < -0.4 is 5.73 Å². The molecule has 0 radical (unpaired) electrons. The van der Waals surface area contributed by atoms with Crippen LogP contribution in [0.5, 0.6) is 0 Å². The SMILES string of the molecule is Cn1c(C2C3CCC(C3)C2N)nc2cc(Br)ccc21. The maximum Gasteiger partial charge on any atom is 0.114 e. The van der Waals surface area contributed by atoms with E-state index in [0.29, 0.717) is 12.0 Å². The summed E-state index contributed by atoms with van der Waals surface area (Å²) in [5, 5.41) is 0. The molecule has 2 N–H and O–H groups in total. The topological polar surface area (TPSA) is 43.8 Å². The molecule has 2 aromatic rings. The van der Waals surface area contributed by atoms with Crippen LogP contribution in [0.2, 0.25) is 0 Å². The fourth-order valence-electron chi connectivity index (χ4n) is 4.21. The zero-order valence-corrected chi connectivity index (χ0v) is 12.6. The van der Waals surface area contributed by atoms with Crippen molar-refractivity contribution in [2.75, 3.05) is 0 Å². The molecule has 1 aromatic carbocycles. The summed E-state index contributed by atoms with van der Waals surface area (Å²) in [6.07, 6.45) is 3.95. The van der Waals surface area contributed by atoms with Crippen molar-refractivity contribution in [1.29, 1.82) is 0 Å². The molecule has 2 fully saturated rings. The van der Waals surface area contributed by atoms with E-state index in [-0.39, 0.29) is 0 Å². The number of rotatable bonds is 1. The Kier molecular flexibility index (Phi) is 2.55. The molecule has 0 saturated heterocycles. The maximum absolute atomic E-state index is 6.45. The van der Waals surface area contributed by atoms with Crippen molar-refractivity contribution >= 4 is 27.0 Å². The first kappa shape index (κ1) is 11.9. The first-order valence-electron chi connectivity index (χ1n) is 7.02. The van der Waals surface area contributed by atoms with Crippen LogP contribution in [0.1, 0.15) is 31.0 Å². The molecule has 4 heteroatoms. The van der Waals surface area contributed by atoms with Crippen molar-refractivity contribution in [3.05, 3.63) is 28.5 Å². The first-order chi connectivity index (χ1) is 9.15. The van der Waals surface area contributed by atoms with Gasteiger partial charge in [0.1, 0.15) is 5.82 Å². The van der Waals surface area contributed by atoms with Crippen LogP contribution >= 0.6 is 15.9 Å². The molecule has 2 aliphatic rings. The quantitative estimate of drug-likeness (QED) is 0.877. The first-order valence-corrected chi connectivity index (χ1v) is 7.82. The molecule has 2 saturated carbocycles. The van der Waals surface area contributed by atoms with Gasteiger partial charge in [-0.3, -0.25) is 0 Å². The van der Waals surface area contributed by atoms with E-state index >= 15 is 0 Å². The summed E-state index contributed by atoms with van der Waals surface area (Å²) in [5.41, 5.74) is 8.73. The summed E-state index contributed by atoms with van der Waals surface area (Å²) in [4.78, 5) is 4.88. The largest absolute Gasteiger partial charge is 0.331 e. The Hall–Kier alpha value is -0.870. The second-order valence-electron chi connectivity index (χ2n) is 6.10. The Labute approximate surface area is 121 Å². The van der Waals surface area contributed by atoms with Crippen LogP contribution in [0.25, 0.3) is 11.0 Å². The molecule has 2 aliphatic carbocycles. The van der Waals surface area contributed by atoms with E-state index in [2.05, 4.69) is 45.7 Å². The molecule has 0 spiro atoms. The van der Waals surface area contributed by atoms with Crippen LogP contribution in [0.3, 0.4) is 0 Å². The highest BCUT2D eigenvalue weighted by atomic mass is 79.9. The summed E-state index contributed by atoms with van der Waals surface area (Å²) in [5.74, 6) is 3.11. The molecule has 0 amide bonds. The minimum atomic E-state index is 0.303. The number of benzene rings is 1. The average Bonchev–Trinajstić information content (AvgIpc) is 3.04. The Morgan fingerprint density at radius 2 is 2.11 bits per heavy atom. The summed E-state index contributed by atoms with van der Waals surface area (Å²) < 4.78 is 3.33. The highest BCUT2D eigenvalue weighted by molar-refractivity contribution is 9.10. The Bertz CT molecular complexity index is 646. The number of aromatic nitrogens is 2. The smallest absolute Gasteiger partial charge is 0.114 e. The summed E-state index contributed by atoms with van der Waals surface area (Å²) in [6.45, 7) is 0. The average molecular weight is 320 g/mol. The van der Waals surface area contributed by atoms with Crippen molar-refractivity contribution in [3.8, 4) is 0 Å². The molecule has 100 valence electrons. The van der Waals surface area contributed by atoms with Crippen molar-refractivity contribution in [2.45, 2.75) is 31.2 Å². The predicted molar refractivity (Wildman–Crippen MR) is 80.0 cm³/mol. The van der Waals surface area contributed by atoms with Crippen molar-refractivity contribution in [1.82, 2.24) is 9.55 Å². The second-order valence-corrected chi connectivity index (χ2v) is 7.01. The lowest BCUT2D eigenvalue weighted by Gasteiger charge is -2.27. The molecule has 4 unspecified atom stereocenters. The van der Waals surface area contributed by atoms with Crippen LogP contribution in [-0.2, 0) is 7.05 Å². The normalized spacial score (nSPS) is 33.4. The highest BCUT2D eigenvalue weighted by Gasteiger charge is 2.48. The number of nitrogens with zero attached hydrogens (tertiary/aromatic N) is 2. The number of hydrogen-bond donors (Lipinski definition) is 1. The minimum absolute atomic E-state index is 0.303. The van der Waals surface area contributed by atoms with Gasteiger partial charge in [0.25, 0.3) is 0 Å². The lowest BCUT2D eigenvalue weighted by molar-refractivity contribution is 0.350. The molecule has 4 rings (SSSR count). The van der Waals surface area contributed by atoms with E-state index in [9.17, 15) is 0 Å². The Morgan fingerprint density at radius 1 is 1.32 bits per heavy atom. The predicted octanol–water partition coefficient (Wildman–Crippen LogP) is 3.18. The molecular weight excluding hydrogens is 302 g/mol. The zero-order chi connectivity index (χ0) is 13.1. The number of halogens is 1. The minimum Gasteiger partial charge on any atom is -0.331 e. The molecule has 1 heterocycles. The van der Waals surface area contributed by atoms with Crippen LogP contribution in [0.4, 0.5) is 0 Å². The van der Waals surface area contributed by atoms with Gasteiger partial charge in [-0.1, -0.05) is 15.9 Å². The van der Waals surface area contributed by atoms with Crippen LogP contribution in [-0.4, -0.2) is 15.6 Å². The van der Waals surface area contributed by atoms with Gasteiger partial charge in [0, 0.05) is 23.5 Å². The molecular formula is C15H18BrN3. The fraction of sp³-hybridized carbons (Fsp3) is 0.533. The van der Waals surface area contributed by atoms with Gasteiger partial charge < -0.3 is 10.3 Å². The van der Waals surface area contributed by atoms with Gasteiger partial charge >= 0.3 is 0 Å². The van der Waals surface area contributed by atoms with E-state index in [1.54, 1.807) is 0 Å². The number of aryl methyl sites for hydroxylation is 1. The third-order valence-electron chi connectivity index (χ3n) is 5.16. The molecule has 4 atom stereocenters. The van der Waals surface area contributed by atoms with Crippen molar-refractivity contribution < 1.29 is 0 Å². The van der Waals surface area contributed by atoms with Gasteiger partial charge in [-0.2, -0.15) is 0 Å². The molecule has 1 aromatic heterocycles. The van der Waals surface area contributed by atoms with E-state index in [1.165, 1.54) is 30.6 Å². The Balaban J connectivity index is 1.85. The summed E-state index contributed by atoms with van der Waals surface area (Å²) in [6, 6.07) is 6.61. The lowest BCUT2D eigenvalue weighted by atomic mass is 9.84. The molecule has 3 nitrogen and oxygen atoms in total. The van der Waals surface area contributed by atoms with Gasteiger partial charge in [0.15, 0.2) is 0 Å². The van der Waals surface area contributed by atoms with E-state index in [4.69, 9.17) is 10.7 Å². The van der Waals surface area contributed by atoms with E-state index in [0.717, 1.165) is 21.8 Å². The second kappa shape index (κ2) is 4.06. The third-order valence-corrected chi connectivity index (χ3v) is 5.65. The third kappa shape index (κ3) is 1.62. The highest BCUT2D eigenvalue weighted by Crippen LogP contribution is 2.52. The summed E-state index contributed by atoms with van der Waals surface area (Å²) in [7, 11) is 2.12. The number of nitrogens with two attached hydrogens (primary N) is 1. The number of fused-ring (bicyclic) bond motifs is 3. The lowest BCUT2D eigenvalue weighted by Crippen LogP contribution is -2.35. The van der Waals surface area contributed by atoms with E-state index in [1.807, 2.05) is 0 Å². The van der Waals surface area contributed by atoms with E-state index < -0.39 is 0 Å². The van der Waals surface area contributed by atoms with Crippen molar-refractivity contribution in [2.24, 2.45) is 24.6 Å². The van der Waals surface area contributed by atoms with Gasteiger partial charge in [0.05, 0.1) is 11.0 Å². The van der Waals surface area contributed by atoms with Gasteiger partial charge in [0.2, 0.25) is 0 Å². The van der Waals surface area contributed by atoms with Gasteiger partial charge in [-0.15, -0.1) is 0 Å². The number of hydrogen-bond acceptors (Lipinski definition) is 2. The molecule has 19 heavy (non-hydrogen) atoms. The van der Waals surface area contributed by atoms with Crippen LogP contribution in [0, 0.1) is 11.8 Å². The van der Waals surface area contributed by atoms with Gasteiger partial charge in [-0.25, -0.2) is 4.98 Å². The monoisotopic (exact) mass is 319 g/mol. The molecule has 2 bridgehead atoms. The number of imidazole rings is 1. The van der Waals surface area contributed by atoms with Gasteiger partial charge in [-0.05, 0) is 49.3 Å². The summed E-state index contributed by atoms with van der Waals surface area (Å²) >= 11 is 3.52. The zero-order valence-electron chi connectivity index (χ0n) is 11.0. The Morgan fingerprint density at radius 3 is 2.84 bits per heavy atom. The maximum atomic E-state index is 6.45. The molecule has 0 aliphatic heterocycles. The fourth-order valence-corrected chi connectivity index (χ4v) is 4.56. The standard InChI is InChI=1S/C15H18BrN3/c1-19-12-5-4-10(16)7-11(12)18-15(19)13-8-2-3-9(6-8)14(13)17/h4-5,7-9,13-14H,2-3,6,17H2,1H3.